The first-order chi connectivity index (χ1) is 13.9. The van der Waals surface area contributed by atoms with Crippen LogP contribution < -0.4 is 16.0 Å². The third-order valence-corrected chi connectivity index (χ3v) is 5.48. The maximum Gasteiger partial charge on any atom is 0.311 e. The second-order valence-corrected chi connectivity index (χ2v) is 7.49. The van der Waals surface area contributed by atoms with E-state index in [-0.39, 0.29) is 24.4 Å². The summed E-state index contributed by atoms with van der Waals surface area (Å²) in [4.78, 5) is 49.7. The number of thiophene rings is 1. The Labute approximate surface area is 171 Å². The Morgan fingerprint density at radius 1 is 1.28 bits per heavy atom. The molecule has 1 saturated heterocycles. The zero-order valence-corrected chi connectivity index (χ0v) is 16.7. The van der Waals surface area contributed by atoms with Gasteiger partial charge in [-0.2, -0.15) is 0 Å². The largest absolute Gasteiger partial charge is 0.455 e. The smallest absolute Gasteiger partial charge is 0.311 e. The predicted molar refractivity (Wildman–Crippen MR) is 109 cm³/mol. The predicted octanol–water partition coefficient (Wildman–Crippen LogP) is 1.94. The van der Waals surface area contributed by atoms with Crippen LogP contribution in [-0.2, 0) is 25.5 Å². The average molecular weight is 415 g/mol. The van der Waals surface area contributed by atoms with E-state index in [2.05, 4.69) is 5.32 Å². The number of carbonyl (C=O) groups is 4. The summed E-state index contributed by atoms with van der Waals surface area (Å²) in [7, 11) is 0. The van der Waals surface area contributed by atoms with Gasteiger partial charge in [0.25, 0.3) is 11.8 Å². The van der Waals surface area contributed by atoms with Crippen molar-refractivity contribution in [3.63, 3.8) is 0 Å². The standard InChI is InChI=1S/C20H21N3O5S/c1-2-12-5-3-4-6-15(12)23-10-13(9-17(23)25)20(27)28-11-16(24)22-19-14(18(21)26)7-8-29-19/h3-8,13H,2,9-11H2,1H3,(H2,21,26)(H,22,24)/t13-/m0/s1. The molecule has 0 spiro atoms. The fourth-order valence-electron chi connectivity index (χ4n) is 3.19. The normalized spacial score (nSPS) is 16.0. The van der Waals surface area contributed by atoms with Gasteiger partial charge in [-0.1, -0.05) is 25.1 Å². The van der Waals surface area contributed by atoms with Crippen LogP contribution in [0.25, 0.3) is 0 Å². The number of anilines is 2. The third kappa shape index (κ3) is 4.62. The van der Waals surface area contributed by atoms with Crippen molar-refractivity contribution < 1.29 is 23.9 Å². The molecule has 1 atom stereocenters. The van der Waals surface area contributed by atoms with Gasteiger partial charge >= 0.3 is 5.97 Å². The van der Waals surface area contributed by atoms with E-state index >= 15 is 0 Å². The lowest BCUT2D eigenvalue weighted by Gasteiger charge is -2.19. The highest BCUT2D eigenvalue weighted by Gasteiger charge is 2.37. The number of hydrogen-bond acceptors (Lipinski definition) is 6. The van der Waals surface area contributed by atoms with Crippen molar-refractivity contribution >= 4 is 45.7 Å². The summed E-state index contributed by atoms with van der Waals surface area (Å²) >= 11 is 1.14. The van der Waals surface area contributed by atoms with Crippen LogP contribution in [0.1, 0.15) is 29.3 Å². The second kappa shape index (κ2) is 8.87. The van der Waals surface area contributed by atoms with Crippen molar-refractivity contribution in [2.45, 2.75) is 19.8 Å². The SMILES string of the molecule is CCc1ccccc1N1C[C@@H](C(=O)OCC(=O)Nc2sccc2C(N)=O)CC1=O. The molecule has 29 heavy (non-hydrogen) atoms. The maximum atomic E-state index is 12.4. The summed E-state index contributed by atoms with van der Waals surface area (Å²) in [5.41, 5.74) is 7.24. The number of primary amides is 1. The van der Waals surface area contributed by atoms with Crippen LogP contribution in [0.3, 0.4) is 0 Å². The molecule has 2 heterocycles. The van der Waals surface area contributed by atoms with Crippen molar-refractivity contribution in [3.8, 4) is 0 Å². The molecule has 0 bridgehead atoms. The summed E-state index contributed by atoms with van der Waals surface area (Å²) in [6.07, 6.45) is 0.806. The van der Waals surface area contributed by atoms with Gasteiger partial charge in [0.2, 0.25) is 5.91 Å². The second-order valence-electron chi connectivity index (χ2n) is 6.57. The summed E-state index contributed by atoms with van der Waals surface area (Å²) in [5, 5.41) is 4.42. The molecule has 0 radical (unpaired) electrons. The number of nitrogens with two attached hydrogens (primary N) is 1. The molecule has 1 fully saturated rings. The molecule has 1 aliphatic heterocycles. The van der Waals surface area contributed by atoms with Crippen molar-refractivity contribution in [1.29, 1.82) is 0 Å². The fourth-order valence-corrected chi connectivity index (χ4v) is 4.00. The Bertz CT molecular complexity index is 955. The van der Waals surface area contributed by atoms with Gasteiger partial charge in [0.1, 0.15) is 5.00 Å². The fraction of sp³-hybridized carbons (Fsp3) is 0.300. The highest BCUT2D eigenvalue weighted by atomic mass is 32.1. The highest BCUT2D eigenvalue weighted by Crippen LogP contribution is 2.29. The molecule has 1 aromatic carbocycles. The zero-order valence-electron chi connectivity index (χ0n) is 15.8. The number of amides is 3. The van der Waals surface area contributed by atoms with Gasteiger partial charge in [-0.15, -0.1) is 11.3 Å². The van der Waals surface area contributed by atoms with Gasteiger partial charge in [-0.05, 0) is 29.5 Å². The minimum atomic E-state index is -0.657. The molecule has 8 nitrogen and oxygen atoms in total. The number of rotatable bonds is 7. The molecule has 1 aromatic heterocycles. The lowest BCUT2D eigenvalue weighted by Crippen LogP contribution is -2.28. The molecule has 0 unspecified atom stereocenters. The minimum absolute atomic E-state index is 0.0370. The molecule has 152 valence electrons. The Balaban J connectivity index is 1.56. The van der Waals surface area contributed by atoms with E-state index in [0.29, 0.717) is 5.00 Å². The molecule has 3 rings (SSSR count). The minimum Gasteiger partial charge on any atom is -0.455 e. The number of carbonyl (C=O) groups excluding carboxylic acids is 4. The van der Waals surface area contributed by atoms with Crippen molar-refractivity contribution in [3.05, 3.63) is 46.8 Å². The third-order valence-electron chi connectivity index (χ3n) is 4.65. The molecular formula is C20H21N3O5S. The number of nitrogens with zero attached hydrogens (tertiary/aromatic N) is 1. The molecule has 3 N–H and O–H groups in total. The average Bonchev–Trinajstić information content (AvgIpc) is 3.32. The molecule has 3 amide bonds. The number of esters is 1. The Morgan fingerprint density at radius 3 is 2.76 bits per heavy atom. The first-order valence-corrected chi connectivity index (χ1v) is 10.0. The number of benzene rings is 1. The monoisotopic (exact) mass is 415 g/mol. The number of para-hydroxylation sites is 1. The topological polar surface area (TPSA) is 119 Å². The van der Waals surface area contributed by atoms with Crippen LogP contribution >= 0.6 is 11.3 Å². The van der Waals surface area contributed by atoms with Crippen LogP contribution in [0, 0.1) is 5.92 Å². The van der Waals surface area contributed by atoms with E-state index < -0.39 is 30.3 Å². The van der Waals surface area contributed by atoms with Gasteiger partial charge < -0.3 is 20.7 Å². The quantitative estimate of drug-likeness (QED) is 0.670. The first-order valence-electron chi connectivity index (χ1n) is 9.12. The van der Waals surface area contributed by atoms with Crippen molar-refractivity contribution in [2.24, 2.45) is 11.7 Å². The zero-order chi connectivity index (χ0) is 21.0. The van der Waals surface area contributed by atoms with Crippen molar-refractivity contribution in [2.75, 3.05) is 23.4 Å². The van der Waals surface area contributed by atoms with E-state index in [1.807, 2.05) is 31.2 Å². The van der Waals surface area contributed by atoms with Crippen LogP contribution in [0.4, 0.5) is 10.7 Å². The van der Waals surface area contributed by atoms with Crippen LogP contribution in [0.5, 0.6) is 0 Å². The number of aryl methyl sites for hydroxylation is 1. The Kier molecular flexibility index (Phi) is 6.28. The molecular weight excluding hydrogens is 394 g/mol. The van der Waals surface area contributed by atoms with E-state index in [1.165, 1.54) is 6.07 Å². The highest BCUT2D eigenvalue weighted by molar-refractivity contribution is 7.14. The van der Waals surface area contributed by atoms with E-state index in [9.17, 15) is 19.2 Å². The van der Waals surface area contributed by atoms with E-state index in [1.54, 1.807) is 10.3 Å². The van der Waals surface area contributed by atoms with Gasteiger partial charge in [0.05, 0.1) is 11.5 Å². The van der Waals surface area contributed by atoms with Gasteiger partial charge in [0, 0.05) is 18.7 Å². The number of hydrogen-bond donors (Lipinski definition) is 2. The molecule has 0 aliphatic carbocycles. The van der Waals surface area contributed by atoms with Crippen molar-refractivity contribution in [1.82, 2.24) is 0 Å². The summed E-state index contributed by atoms with van der Waals surface area (Å²) < 4.78 is 5.08. The van der Waals surface area contributed by atoms with Crippen LogP contribution in [-0.4, -0.2) is 36.8 Å². The van der Waals surface area contributed by atoms with E-state index in [0.717, 1.165) is 29.0 Å². The Hall–Kier alpha value is -3.20. The maximum absolute atomic E-state index is 12.4. The summed E-state index contributed by atoms with van der Waals surface area (Å²) in [6.45, 7) is 1.71. The molecule has 0 saturated carbocycles. The molecule has 9 heteroatoms. The van der Waals surface area contributed by atoms with Crippen LogP contribution in [0.15, 0.2) is 35.7 Å². The van der Waals surface area contributed by atoms with Gasteiger partial charge in [0.15, 0.2) is 6.61 Å². The lowest BCUT2D eigenvalue weighted by molar-refractivity contribution is -0.151. The van der Waals surface area contributed by atoms with Crippen LogP contribution in [0.2, 0.25) is 0 Å². The summed E-state index contributed by atoms with van der Waals surface area (Å²) in [6, 6.07) is 9.06. The van der Waals surface area contributed by atoms with Gasteiger partial charge in [-0.25, -0.2) is 0 Å². The van der Waals surface area contributed by atoms with Gasteiger partial charge in [-0.3, -0.25) is 19.2 Å². The molecule has 2 aromatic rings. The lowest BCUT2D eigenvalue weighted by atomic mass is 10.1. The summed E-state index contributed by atoms with van der Waals surface area (Å²) in [5.74, 6) is -2.63. The molecule has 1 aliphatic rings. The van der Waals surface area contributed by atoms with E-state index in [4.69, 9.17) is 10.5 Å². The number of ether oxygens (including phenoxy) is 1. The first kappa shape index (κ1) is 20.5. The number of nitrogens with one attached hydrogen (secondary N) is 1. The Morgan fingerprint density at radius 2 is 2.03 bits per heavy atom.